The summed E-state index contributed by atoms with van der Waals surface area (Å²) < 4.78 is 10.6. The molecule has 0 aliphatic carbocycles. The lowest BCUT2D eigenvalue weighted by Gasteiger charge is -2.25. The fourth-order valence-electron chi connectivity index (χ4n) is 4.70. The van der Waals surface area contributed by atoms with Crippen molar-refractivity contribution >= 4 is 35.4 Å². The van der Waals surface area contributed by atoms with Gasteiger partial charge in [-0.3, -0.25) is 19.8 Å². The fourth-order valence-corrected chi connectivity index (χ4v) is 4.70. The van der Waals surface area contributed by atoms with Crippen molar-refractivity contribution in [1.29, 1.82) is 0 Å². The molecule has 0 bridgehead atoms. The molecule has 0 spiro atoms. The Balaban J connectivity index is 1.66. The molecule has 9 heteroatoms. The maximum Gasteiger partial charge on any atom is 0.412 e. The summed E-state index contributed by atoms with van der Waals surface area (Å²) in [6, 6.07) is 14.6. The highest BCUT2D eigenvalue weighted by Gasteiger charge is 2.40. The van der Waals surface area contributed by atoms with Crippen LogP contribution in [0.2, 0.25) is 0 Å². The number of benzene rings is 2. The summed E-state index contributed by atoms with van der Waals surface area (Å²) in [5, 5.41) is 15.7. The molecule has 1 fully saturated rings. The second kappa shape index (κ2) is 13.1. The number of nitrogens with zero attached hydrogens (tertiary/aromatic N) is 1. The number of likely N-dealkylation sites (tertiary alicyclic amines) is 1. The molecule has 9 nitrogen and oxygen atoms in total. The Morgan fingerprint density at radius 3 is 2.17 bits per heavy atom. The fraction of sp³-hybridized carbons (Fsp3) is 0.452. The van der Waals surface area contributed by atoms with Crippen LogP contribution in [0.5, 0.6) is 0 Å². The summed E-state index contributed by atoms with van der Waals surface area (Å²) in [4.78, 5) is 39.6. The first-order valence-electron chi connectivity index (χ1n) is 13.5. The SMILES string of the molecule is CCOC(=O)C1CN(CC(C)(C)O)CC1c1ccc(C=CC(=O)Nc2ccccc2NC(=O)OC(C)(C)C)cc1. The lowest BCUT2D eigenvalue weighted by Crippen LogP contribution is -2.37. The number of carbonyl (C=O) groups is 3. The molecule has 3 rings (SSSR count). The van der Waals surface area contributed by atoms with Crippen LogP contribution in [0.3, 0.4) is 0 Å². The zero-order valence-electron chi connectivity index (χ0n) is 24.2. The predicted octanol–water partition coefficient (Wildman–Crippen LogP) is 5.03. The molecule has 1 saturated heterocycles. The number of carbonyl (C=O) groups excluding carboxylic acids is 3. The number of hydrogen-bond acceptors (Lipinski definition) is 7. The van der Waals surface area contributed by atoms with Gasteiger partial charge in [-0.05, 0) is 70.9 Å². The van der Waals surface area contributed by atoms with Gasteiger partial charge in [-0.1, -0.05) is 36.4 Å². The van der Waals surface area contributed by atoms with E-state index in [0.29, 0.717) is 37.6 Å². The highest BCUT2D eigenvalue weighted by molar-refractivity contribution is 6.05. The number of aliphatic hydroxyl groups is 1. The van der Waals surface area contributed by atoms with Crippen LogP contribution < -0.4 is 10.6 Å². The average molecular weight is 552 g/mol. The van der Waals surface area contributed by atoms with E-state index in [-0.39, 0.29) is 23.7 Å². The summed E-state index contributed by atoms with van der Waals surface area (Å²) in [6.45, 7) is 12.6. The molecule has 0 aromatic heterocycles. The Kier molecular flexibility index (Phi) is 10.1. The summed E-state index contributed by atoms with van der Waals surface area (Å²) in [5.74, 6) is -0.962. The van der Waals surface area contributed by atoms with Crippen molar-refractivity contribution in [3.63, 3.8) is 0 Å². The molecular weight excluding hydrogens is 510 g/mol. The Labute approximate surface area is 236 Å². The van der Waals surface area contributed by atoms with Crippen molar-refractivity contribution in [2.75, 3.05) is 36.9 Å². The monoisotopic (exact) mass is 551 g/mol. The van der Waals surface area contributed by atoms with Gasteiger partial charge in [-0.2, -0.15) is 0 Å². The highest BCUT2D eigenvalue weighted by atomic mass is 16.6. The first-order chi connectivity index (χ1) is 18.7. The van der Waals surface area contributed by atoms with Crippen molar-refractivity contribution in [1.82, 2.24) is 4.90 Å². The smallest absolute Gasteiger partial charge is 0.412 e. The quantitative estimate of drug-likeness (QED) is 0.295. The van der Waals surface area contributed by atoms with Gasteiger partial charge in [0.1, 0.15) is 5.60 Å². The van der Waals surface area contributed by atoms with Crippen molar-refractivity contribution in [2.24, 2.45) is 5.92 Å². The lowest BCUT2D eigenvalue weighted by atomic mass is 9.88. The van der Waals surface area contributed by atoms with Gasteiger partial charge in [-0.25, -0.2) is 4.79 Å². The number of hydrogen-bond donors (Lipinski definition) is 3. The number of anilines is 2. The molecular formula is C31H41N3O6. The summed E-state index contributed by atoms with van der Waals surface area (Å²) in [6.07, 6.45) is 2.50. The second-order valence-corrected chi connectivity index (χ2v) is 11.6. The zero-order valence-corrected chi connectivity index (χ0v) is 24.2. The lowest BCUT2D eigenvalue weighted by molar-refractivity contribution is -0.148. The third-order valence-electron chi connectivity index (χ3n) is 6.21. The third-order valence-corrected chi connectivity index (χ3v) is 6.21. The van der Waals surface area contributed by atoms with Crippen LogP contribution in [0.25, 0.3) is 6.08 Å². The molecule has 2 aromatic carbocycles. The van der Waals surface area contributed by atoms with Gasteiger partial charge in [0.15, 0.2) is 0 Å². The number of nitrogens with one attached hydrogen (secondary N) is 2. The summed E-state index contributed by atoms with van der Waals surface area (Å²) in [5.41, 5.74) is 1.18. The number of ether oxygens (including phenoxy) is 2. The molecule has 2 amide bonds. The maximum atomic E-state index is 12.7. The largest absolute Gasteiger partial charge is 0.466 e. The van der Waals surface area contributed by atoms with E-state index in [9.17, 15) is 19.5 Å². The number of amides is 2. The second-order valence-electron chi connectivity index (χ2n) is 11.6. The Hall–Kier alpha value is -3.69. The zero-order chi connectivity index (χ0) is 29.5. The summed E-state index contributed by atoms with van der Waals surface area (Å²) >= 11 is 0. The van der Waals surface area contributed by atoms with E-state index >= 15 is 0 Å². The number of para-hydroxylation sites is 2. The molecule has 40 heavy (non-hydrogen) atoms. The minimum absolute atomic E-state index is 0.0586. The van der Waals surface area contributed by atoms with Crippen LogP contribution in [-0.4, -0.2) is 65.4 Å². The van der Waals surface area contributed by atoms with Crippen molar-refractivity contribution in [2.45, 2.75) is 58.7 Å². The van der Waals surface area contributed by atoms with Crippen LogP contribution in [0.4, 0.5) is 16.2 Å². The van der Waals surface area contributed by atoms with Crippen LogP contribution >= 0.6 is 0 Å². The van der Waals surface area contributed by atoms with Crippen molar-refractivity contribution in [3.8, 4) is 0 Å². The standard InChI is InChI=1S/C31H41N3O6/c1-7-39-28(36)24-19-34(20-31(5,6)38)18-23(24)22-15-12-21(13-16-22)14-17-27(35)32-25-10-8-9-11-26(25)33-29(37)40-30(2,3)4/h8-17,23-24,38H,7,18-20H2,1-6H3,(H,32,35)(H,33,37). The predicted molar refractivity (Wildman–Crippen MR) is 156 cm³/mol. The van der Waals surface area contributed by atoms with Gasteiger partial charge in [0.2, 0.25) is 5.91 Å². The van der Waals surface area contributed by atoms with Crippen LogP contribution in [0.15, 0.2) is 54.6 Å². The molecule has 0 radical (unpaired) electrons. The van der Waals surface area contributed by atoms with E-state index in [2.05, 4.69) is 15.5 Å². The van der Waals surface area contributed by atoms with E-state index in [4.69, 9.17) is 9.47 Å². The first kappa shape index (κ1) is 30.8. The Bertz CT molecular complexity index is 1210. The number of esters is 1. The maximum absolute atomic E-state index is 12.7. The van der Waals surface area contributed by atoms with Gasteiger partial charge in [-0.15, -0.1) is 0 Å². The van der Waals surface area contributed by atoms with Crippen LogP contribution in [0, 0.1) is 5.92 Å². The molecule has 216 valence electrons. The van der Waals surface area contributed by atoms with Gasteiger partial charge in [0, 0.05) is 31.6 Å². The van der Waals surface area contributed by atoms with Gasteiger partial charge in [0.05, 0.1) is 29.5 Å². The number of β-amino-alcohol motifs (C(OH)–C–C–N with tert-alkyl or cyclic N) is 1. The Morgan fingerprint density at radius 1 is 0.975 bits per heavy atom. The third kappa shape index (κ3) is 9.50. The topological polar surface area (TPSA) is 117 Å². The minimum Gasteiger partial charge on any atom is -0.466 e. The van der Waals surface area contributed by atoms with E-state index in [1.165, 1.54) is 6.08 Å². The van der Waals surface area contributed by atoms with Crippen molar-refractivity contribution < 1.29 is 29.0 Å². The average Bonchev–Trinajstić information content (AvgIpc) is 3.25. The van der Waals surface area contributed by atoms with Gasteiger partial charge < -0.3 is 19.9 Å². The first-order valence-corrected chi connectivity index (χ1v) is 13.5. The molecule has 1 aliphatic heterocycles. The number of rotatable bonds is 9. The molecule has 3 N–H and O–H groups in total. The van der Waals surface area contributed by atoms with E-state index in [0.717, 1.165) is 11.1 Å². The van der Waals surface area contributed by atoms with E-state index < -0.39 is 17.3 Å². The van der Waals surface area contributed by atoms with Crippen molar-refractivity contribution in [3.05, 3.63) is 65.7 Å². The van der Waals surface area contributed by atoms with Gasteiger partial charge in [0.25, 0.3) is 0 Å². The molecule has 1 heterocycles. The minimum atomic E-state index is -0.865. The molecule has 1 aliphatic rings. The molecule has 2 atom stereocenters. The summed E-state index contributed by atoms with van der Waals surface area (Å²) in [7, 11) is 0. The highest BCUT2D eigenvalue weighted by Crippen LogP contribution is 2.34. The van der Waals surface area contributed by atoms with E-state index in [1.807, 2.05) is 24.3 Å². The molecule has 2 unspecified atom stereocenters. The van der Waals surface area contributed by atoms with E-state index in [1.54, 1.807) is 71.9 Å². The van der Waals surface area contributed by atoms with Crippen LogP contribution in [-0.2, 0) is 19.1 Å². The molecule has 2 aromatic rings. The Morgan fingerprint density at radius 2 is 1.60 bits per heavy atom. The molecule has 0 saturated carbocycles. The van der Waals surface area contributed by atoms with Crippen LogP contribution in [0.1, 0.15) is 58.6 Å². The normalized spacial score (nSPS) is 18.0. The van der Waals surface area contributed by atoms with Gasteiger partial charge >= 0.3 is 12.1 Å².